The van der Waals surface area contributed by atoms with Crippen LogP contribution in [0.5, 0.6) is 0 Å². The quantitative estimate of drug-likeness (QED) is 0.521. The fraction of sp³-hybridized carbons (Fsp3) is 0.391. The largest absolute Gasteiger partial charge is 0.383 e. The maximum absolute atomic E-state index is 15.0. The number of fused-ring (bicyclic) bond motifs is 1. The number of hydrogen-bond acceptors (Lipinski definition) is 7. The number of nitrogens with one attached hydrogen (secondary N) is 2. The van der Waals surface area contributed by atoms with Crippen molar-refractivity contribution in [1.29, 1.82) is 0 Å². The molecule has 0 bridgehead atoms. The van der Waals surface area contributed by atoms with Gasteiger partial charge in [-0.1, -0.05) is 6.07 Å². The van der Waals surface area contributed by atoms with Crippen LogP contribution in [0.2, 0.25) is 0 Å². The normalized spacial score (nSPS) is 14.6. The Bertz CT molecular complexity index is 1190. The second-order valence-corrected chi connectivity index (χ2v) is 8.00. The van der Waals surface area contributed by atoms with E-state index in [2.05, 4.69) is 30.1 Å². The standard InChI is InChI=1S/C23H27FN6O3/c1-15-22(31)28-21-18(27-15)5-3-16(20(21)24)14-29-8-10-30(11-9-29)17-4-6-19(26-13-17)23(32)25-7-12-33-2/h3-6,13H,7-12,14H2,1-2H3,(H,25,32)(H,28,31). The van der Waals surface area contributed by atoms with Gasteiger partial charge in [0.15, 0.2) is 5.82 Å². The van der Waals surface area contributed by atoms with Crippen LogP contribution in [0.15, 0.2) is 35.3 Å². The van der Waals surface area contributed by atoms with E-state index in [1.807, 2.05) is 6.07 Å². The minimum absolute atomic E-state index is 0.152. The first-order valence-electron chi connectivity index (χ1n) is 10.8. The summed E-state index contributed by atoms with van der Waals surface area (Å²) in [7, 11) is 1.58. The second-order valence-electron chi connectivity index (χ2n) is 8.00. The highest BCUT2D eigenvalue weighted by atomic mass is 19.1. The van der Waals surface area contributed by atoms with Crippen molar-refractivity contribution in [2.45, 2.75) is 13.5 Å². The van der Waals surface area contributed by atoms with Crippen molar-refractivity contribution in [3.05, 3.63) is 63.6 Å². The highest BCUT2D eigenvalue weighted by molar-refractivity contribution is 5.92. The Kier molecular flexibility index (Phi) is 6.95. The highest BCUT2D eigenvalue weighted by Gasteiger charge is 2.20. The molecule has 1 aliphatic heterocycles. The Morgan fingerprint density at radius 3 is 2.70 bits per heavy atom. The SMILES string of the molecule is COCCNC(=O)c1ccc(N2CCN(Cc3ccc4nc(C)c(=O)[nH]c4c3F)CC2)cn1. The maximum atomic E-state index is 15.0. The van der Waals surface area contributed by atoms with Gasteiger partial charge in [0.25, 0.3) is 11.5 Å². The Labute approximate surface area is 190 Å². The van der Waals surface area contributed by atoms with Crippen molar-refractivity contribution < 1.29 is 13.9 Å². The molecule has 0 radical (unpaired) electrons. The molecule has 0 saturated carbocycles. The summed E-state index contributed by atoms with van der Waals surface area (Å²) in [5, 5.41) is 2.75. The van der Waals surface area contributed by atoms with Crippen molar-refractivity contribution in [2.24, 2.45) is 0 Å². The van der Waals surface area contributed by atoms with Gasteiger partial charge < -0.3 is 19.9 Å². The number of H-pyrrole nitrogens is 1. The number of amides is 1. The van der Waals surface area contributed by atoms with Crippen LogP contribution in [-0.4, -0.2) is 72.2 Å². The molecule has 33 heavy (non-hydrogen) atoms. The number of aromatic amines is 1. The van der Waals surface area contributed by atoms with E-state index in [4.69, 9.17) is 4.74 Å². The summed E-state index contributed by atoms with van der Waals surface area (Å²) in [5.41, 5.74) is 2.38. The van der Waals surface area contributed by atoms with E-state index in [1.54, 1.807) is 38.4 Å². The first-order chi connectivity index (χ1) is 16.0. The number of carbonyl (C=O) groups is 1. The number of aromatic nitrogens is 3. The van der Waals surface area contributed by atoms with Gasteiger partial charge in [-0.15, -0.1) is 0 Å². The Morgan fingerprint density at radius 2 is 2.00 bits per heavy atom. The zero-order chi connectivity index (χ0) is 23.4. The van der Waals surface area contributed by atoms with Crippen LogP contribution < -0.4 is 15.8 Å². The van der Waals surface area contributed by atoms with Crippen LogP contribution in [0.3, 0.4) is 0 Å². The topological polar surface area (TPSA) is 103 Å². The zero-order valence-electron chi connectivity index (χ0n) is 18.7. The van der Waals surface area contributed by atoms with Gasteiger partial charge >= 0.3 is 0 Å². The third-order valence-corrected chi connectivity index (χ3v) is 5.76. The number of methoxy groups -OCH3 is 1. The van der Waals surface area contributed by atoms with Crippen LogP contribution in [-0.2, 0) is 11.3 Å². The molecular weight excluding hydrogens is 427 g/mol. The molecule has 1 saturated heterocycles. The predicted octanol–water partition coefficient (Wildman–Crippen LogP) is 1.46. The van der Waals surface area contributed by atoms with Gasteiger partial charge in [-0.25, -0.2) is 14.4 Å². The second kappa shape index (κ2) is 10.1. The third kappa shape index (κ3) is 5.18. The molecule has 0 spiro atoms. The lowest BCUT2D eigenvalue weighted by atomic mass is 10.1. The molecule has 1 fully saturated rings. The summed E-state index contributed by atoms with van der Waals surface area (Å²) in [6, 6.07) is 7.08. The fourth-order valence-corrected chi connectivity index (χ4v) is 3.85. The van der Waals surface area contributed by atoms with Crippen molar-refractivity contribution in [3.8, 4) is 0 Å². The molecule has 9 nitrogen and oxygen atoms in total. The molecule has 1 aliphatic rings. The summed E-state index contributed by atoms with van der Waals surface area (Å²) in [5.74, 6) is -0.657. The van der Waals surface area contributed by atoms with Gasteiger partial charge in [0, 0.05) is 51.9 Å². The van der Waals surface area contributed by atoms with Crippen molar-refractivity contribution in [3.63, 3.8) is 0 Å². The van der Waals surface area contributed by atoms with Crippen molar-refractivity contribution in [1.82, 2.24) is 25.2 Å². The molecule has 2 N–H and O–H groups in total. The first kappa shape index (κ1) is 22.8. The number of pyridine rings is 1. The number of piperazine rings is 1. The molecule has 0 atom stereocenters. The molecule has 1 aromatic carbocycles. The molecule has 1 amide bonds. The van der Waals surface area contributed by atoms with E-state index >= 15 is 0 Å². The van der Waals surface area contributed by atoms with Crippen LogP contribution in [0.25, 0.3) is 11.0 Å². The minimum Gasteiger partial charge on any atom is -0.383 e. The molecule has 174 valence electrons. The number of ether oxygens (including phenoxy) is 1. The van der Waals surface area contributed by atoms with E-state index in [-0.39, 0.29) is 17.0 Å². The summed E-state index contributed by atoms with van der Waals surface area (Å²) in [6.07, 6.45) is 1.70. The molecule has 0 unspecified atom stereocenters. The molecule has 0 aliphatic carbocycles. The van der Waals surface area contributed by atoms with Crippen LogP contribution in [0.1, 0.15) is 21.7 Å². The number of aryl methyl sites for hydroxylation is 1. The van der Waals surface area contributed by atoms with Gasteiger partial charge in [0.2, 0.25) is 0 Å². The summed E-state index contributed by atoms with van der Waals surface area (Å²) < 4.78 is 19.9. The van der Waals surface area contributed by atoms with E-state index in [0.29, 0.717) is 42.2 Å². The van der Waals surface area contributed by atoms with E-state index < -0.39 is 5.82 Å². The summed E-state index contributed by atoms with van der Waals surface area (Å²) in [4.78, 5) is 39.3. The fourth-order valence-electron chi connectivity index (χ4n) is 3.85. The monoisotopic (exact) mass is 454 g/mol. The highest BCUT2D eigenvalue weighted by Crippen LogP contribution is 2.21. The van der Waals surface area contributed by atoms with E-state index in [1.165, 1.54) is 0 Å². The number of carbonyl (C=O) groups excluding carboxylic acids is 1. The number of benzene rings is 1. The average molecular weight is 455 g/mol. The van der Waals surface area contributed by atoms with Gasteiger partial charge in [-0.3, -0.25) is 14.5 Å². The number of rotatable bonds is 7. The van der Waals surface area contributed by atoms with Crippen molar-refractivity contribution >= 4 is 22.6 Å². The van der Waals surface area contributed by atoms with Crippen LogP contribution >= 0.6 is 0 Å². The lowest BCUT2D eigenvalue weighted by Gasteiger charge is -2.36. The summed E-state index contributed by atoms with van der Waals surface area (Å²) in [6.45, 7) is 5.95. The summed E-state index contributed by atoms with van der Waals surface area (Å²) >= 11 is 0. The lowest BCUT2D eigenvalue weighted by Crippen LogP contribution is -2.46. The van der Waals surface area contributed by atoms with Crippen molar-refractivity contribution in [2.75, 3.05) is 51.3 Å². The van der Waals surface area contributed by atoms with Gasteiger partial charge in [0.1, 0.15) is 16.9 Å². The first-order valence-corrected chi connectivity index (χ1v) is 10.8. The number of halogens is 1. The third-order valence-electron chi connectivity index (χ3n) is 5.76. The lowest BCUT2D eigenvalue weighted by molar-refractivity contribution is 0.0932. The van der Waals surface area contributed by atoms with Crippen LogP contribution in [0, 0.1) is 12.7 Å². The number of nitrogens with zero attached hydrogens (tertiary/aromatic N) is 4. The predicted molar refractivity (Wildman–Crippen MR) is 123 cm³/mol. The van der Waals surface area contributed by atoms with Crippen LogP contribution in [0.4, 0.5) is 10.1 Å². The zero-order valence-corrected chi connectivity index (χ0v) is 18.7. The molecule has 3 aromatic rings. The molecule has 2 aromatic heterocycles. The van der Waals surface area contributed by atoms with Gasteiger partial charge in [0.05, 0.1) is 24.0 Å². The number of hydrogen-bond donors (Lipinski definition) is 2. The minimum atomic E-state index is -0.428. The van der Waals surface area contributed by atoms with Gasteiger partial charge in [-0.2, -0.15) is 0 Å². The molecular formula is C23H27FN6O3. The Morgan fingerprint density at radius 1 is 1.21 bits per heavy atom. The molecule has 3 heterocycles. The molecule has 4 rings (SSSR count). The number of anilines is 1. The maximum Gasteiger partial charge on any atom is 0.269 e. The van der Waals surface area contributed by atoms with E-state index in [9.17, 15) is 14.0 Å². The van der Waals surface area contributed by atoms with Gasteiger partial charge in [-0.05, 0) is 25.1 Å². The average Bonchev–Trinajstić information content (AvgIpc) is 2.83. The van der Waals surface area contributed by atoms with E-state index in [0.717, 1.165) is 31.9 Å². The smallest absolute Gasteiger partial charge is 0.269 e. The Hall–Kier alpha value is -3.37. The Balaban J connectivity index is 1.35. The molecule has 10 heteroatoms.